The molecule has 0 unspecified atom stereocenters. The van der Waals surface area contributed by atoms with E-state index in [2.05, 4.69) is 11.1 Å². The molecular weight excluding hydrogens is 252 g/mol. The van der Waals surface area contributed by atoms with Crippen molar-refractivity contribution < 1.29 is 9.90 Å². The fourth-order valence-corrected chi connectivity index (χ4v) is 2.57. The van der Waals surface area contributed by atoms with Gasteiger partial charge in [-0.3, -0.25) is 9.78 Å². The number of carbonyl (C=O) groups excluding carboxylic acids is 1. The summed E-state index contributed by atoms with van der Waals surface area (Å²) in [6.07, 6.45) is 2.99. The number of carbonyl (C=O) groups is 1. The molecule has 1 aliphatic rings. The molecule has 1 aliphatic heterocycles. The summed E-state index contributed by atoms with van der Waals surface area (Å²) in [7, 11) is 0. The number of para-hydroxylation sites is 1. The van der Waals surface area contributed by atoms with E-state index in [0.717, 1.165) is 24.3 Å². The molecular formula is C16H16N2O2. The number of pyridine rings is 1. The number of aliphatic hydroxyl groups is 1. The number of rotatable bonds is 3. The topological polar surface area (TPSA) is 53.4 Å². The number of aromatic nitrogens is 1. The van der Waals surface area contributed by atoms with Crippen molar-refractivity contribution in [2.45, 2.75) is 12.8 Å². The van der Waals surface area contributed by atoms with E-state index in [1.54, 1.807) is 18.3 Å². The molecule has 1 aromatic carbocycles. The number of benzene rings is 1. The van der Waals surface area contributed by atoms with E-state index in [1.807, 2.05) is 23.1 Å². The predicted molar refractivity (Wildman–Crippen MR) is 76.8 cm³/mol. The van der Waals surface area contributed by atoms with Gasteiger partial charge in [0.2, 0.25) is 0 Å². The third-order valence-corrected chi connectivity index (χ3v) is 3.56. The number of hydrogen-bond donors (Lipinski definition) is 1. The van der Waals surface area contributed by atoms with Crippen LogP contribution in [0.3, 0.4) is 0 Å². The fourth-order valence-electron chi connectivity index (χ4n) is 2.57. The van der Waals surface area contributed by atoms with Gasteiger partial charge in [-0.1, -0.05) is 18.2 Å². The molecule has 0 saturated heterocycles. The van der Waals surface area contributed by atoms with Crippen molar-refractivity contribution in [2.24, 2.45) is 0 Å². The van der Waals surface area contributed by atoms with Crippen molar-refractivity contribution in [3.63, 3.8) is 0 Å². The Morgan fingerprint density at radius 3 is 3.00 bits per heavy atom. The third kappa shape index (κ3) is 2.30. The highest BCUT2D eigenvalue weighted by Gasteiger charge is 2.25. The molecule has 0 bridgehead atoms. The standard InChI is InChI=1S/C16H16N2O2/c19-10-7-14-11-13(5-8-17-14)16(20)18-9-6-12-3-1-2-4-15(12)18/h1-5,8,11,19H,6-7,9-10H2. The smallest absolute Gasteiger partial charge is 0.258 e. The van der Waals surface area contributed by atoms with E-state index in [0.29, 0.717) is 12.0 Å². The molecule has 102 valence electrons. The zero-order valence-electron chi connectivity index (χ0n) is 11.1. The van der Waals surface area contributed by atoms with Gasteiger partial charge in [0.15, 0.2) is 0 Å². The van der Waals surface area contributed by atoms with Crippen molar-refractivity contribution in [3.05, 3.63) is 59.4 Å². The molecule has 1 amide bonds. The summed E-state index contributed by atoms with van der Waals surface area (Å²) in [5.41, 5.74) is 3.58. The molecule has 4 heteroatoms. The molecule has 0 fully saturated rings. The molecule has 4 nitrogen and oxygen atoms in total. The van der Waals surface area contributed by atoms with Crippen LogP contribution in [0.15, 0.2) is 42.6 Å². The first-order valence-electron chi connectivity index (χ1n) is 6.75. The summed E-state index contributed by atoms with van der Waals surface area (Å²) in [6.45, 7) is 0.757. The van der Waals surface area contributed by atoms with Gasteiger partial charge < -0.3 is 10.0 Å². The van der Waals surface area contributed by atoms with Crippen LogP contribution in [0.4, 0.5) is 5.69 Å². The van der Waals surface area contributed by atoms with Crippen molar-refractivity contribution >= 4 is 11.6 Å². The molecule has 0 aliphatic carbocycles. The molecule has 0 spiro atoms. The summed E-state index contributed by atoms with van der Waals surface area (Å²) in [5.74, 6) is -0.00320. The third-order valence-electron chi connectivity index (χ3n) is 3.56. The van der Waals surface area contributed by atoms with Crippen molar-refractivity contribution in [3.8, 4) is 0 Å². The van der Waals surface area contributed by atoms with Gasteiger partial charge in [0, 0.05) is 42.7 Å². The highest BCUT2D eigenvalue weighted by Crippen LogP contribution is 2.28. The maximum atomic E-state index is 12.6. The van der Waals surface area contributed by atoms with E-state index in [4.69, 9.17) is 5.11 Å². The molecule has 20 heavy (non-hydrogen) atoms. The lowest BCUT2D eigenvalue weighted by Crippen LogP contribution is -2.29. The Labute approximate surface area is 117 Å². The number of fused-ring (bicyclic) bond motifs is 1. The maximum Gasteiger partial charge on any atom is 0.258 e. The van der Waals surface area contributed by atoms with Gasteiger partial charge in [0.05, 0.1) is 0 Å². The Hall–Kier alpha value is -2.20. The van der Waals surface area contributed by atoms with Gasteiger partial charge in [0.25, 0.3) is 5.91 Å². The molecule has 1 N–H and O–H groups in total. The van der Waals surface area contributed by atoms with Crippen LogP contribution in [0.5, 0.6) is 0 Å². The normalized spacial score (nSPS) is 13.3. The summed E-state index contributed by atoms with van der Waals surface area (Å²) in [6, 6.07) is 11.5. The van der Waals surface area contributed by atoms with E-state index < -0.39 is 0 Å². The van der Waals surface area contributed by atoms with Crippen LogP contribution in [0, 0.1) is 0 Å². The molecule has 2 aromatic rings. The minimum absolute atomic E-state index is 0.00320. The lowest BCUT2D eigenvalue weighted by Gasteiger charge is -2.17. The summed E-state index contributed by atoms with van der Waals surface area (Å²) in [4.78, 5) is 18.6. The first-order valence-corrected chi connectivity index (χ1v) is 6.75. The molecule has 0 atom stereocenters. The van der Waals surface area contributed by atoms with Gasteiger partial charge in [-0.15, -0.1) is 0 Å². The van der Waals surface area contributed by atoms with Crippen molar-refractivity contribution in [1.82, 2.24) is 4.98 Å². The lowest BCUT2D eigenvalue weighted by molar-refractivity contribution is 0.0989. The maximum absolute atomic E-state index is 12.6. The monoisotopic (exact) mass is 268 g/mol. The average molecular weight is 268 g/mol. The Bertz CT molecular complexity index is 640. The Kier molecular flexibility index (Phi) is 3.48. The number of aliphatic hydroxyl groups excluding tert-OH is 1. The van der Waals surface area contributed by atoms with E-state index in [-0.39, 0.29) is 12.5 Å². The van der Waals surface area contributed by atoms with E-state index in [1.165, 1.54) is 5.56 Å². The van der Waals surface area contributed by atoms with Crippen LogP contribution in [0.2, 0.25) is 0 Å². The minimum atomic E-state index is -0.00320. The van der Waals surface area contributed by atoms with E-state index >= 15 is 0 Å². The van der Waals surface area contributed by atoms with Crippen molar-refractivity contribution in [1.29, 1.82) is 0 Å². The second-order valence-corrected chi connectivity index (χ2v) is 4.84. The number of amides is 1. The lowest BCUT2D eigenvalue weighted by atomic mass is 10.1. The van der Waals surface area contributed by atoms with Crippen LogP contribution in [-0.2, 0) is 12.8 Å². The van der Waals surface area contributed by atoms with Gasteiger partial charge in [0.1, 0.15) is 0 Å². The second kappa shape index (κ2) is 5.43. The SMILES string of the molecule is O=C(c1ccnc(CCO)c1)N1CCc2ccccc21. The summed E-state index contributed by atoms with van der Waals surface area (Å²) in [5, 5.41) is 8.96. The van der Waals surface area contributed by atoms with Crippen molar-refractivity contribution in [2.75, 3.05) is 18.1 Å². The zero-order chi connectivity index (χ0) is 13.9. The molecule has 2 heterocycles. The number of hydrogen-bond acceptors (Lipinski definition) is 3. The molecule has 0 radical (unpaired) electrons. The predicted octanol–water partition coefficient (Wildman–Crippen LogP) is 1.82. The highest BCUT2D eigenvalue weighted by molar-refractivity contribution is 6.07. The van der Waals surface area contributed by atoms with Crippen LogP contribution < -0.4 is 4.90 Å². The van der Waals surface area contributed by atoms with Gasteiger partial charge in [-0.25, -0.2) is 0 Å². The molecule has 0 saturated carbocycles. The van der Waals surface area contributed by atoms with E-state index in [9.17, 15) is 4.79 Å². The quantitative estimate of drug-likeness (QED) is 0.923. The average Bonchev–Trinajstić information content (AvgIpc) is 2.91. The Morgan fingerprint density at radius 2 is 2.15 bits per heavy atom. The molecule has 1 aromatic heterocycles. The fraction of sp³-hybridized carbons (Fsp3) is 0.250. The van der Waals surface area contributed by atoms with Crippen LogP contribution >= 0.6 is 0 Å². The van der Waals surface area contributed by atoms with Crippen LogP contribution in [0.1, 0.15) is 21.6 Å². The number of nitrogens with zero attached hydrogens (tertiary/aromatic N) is 2. The van der Waals surface area contributed by atoms with Crippen LogP contribution in [0.25, 0.3) is 0 Å². The summed E-state index contributed by atoms with van der Waals surface area (Å²) >= 11 is 0. The first kappa shape index (κ1) is 12.8. The number of anilines is 1. The summed E-state index contributed by atoms with van der Waals surface area (Å²) < 4.78 is 0. The largest absolute Gasteiger partial charge is 0.396 e. The highest BCUT2D eigenvalue weighted by atomic mass is 16.3. The van der Waals surface area contributed by atoms with Crippen LogP contribution in [-0.4, -0.2) is 29.1 Å². The van der Waals surface area contributed by atoms with Gasteiger partial charge >= 0.3 is 0 Å². The van der Waals surface area contributed by atoms with Gasteiger partial charge in [-0.2, -0.15) is 0 Å². The van der Waals surface area contributed by atoms with Gasteiger partial charge in [-0.05, 0) is 30.2 Å². The molecule has 3 rings (SSSR count). The Balaban J connectivity index is 1.89. The second-order valence-electron chi connectivity index (χ2n) is 4.84. The Morgan fingerprint density at radius 1 is 1.30 bits per heavy atom. The first-order chi connectivity index (χ1) is 9.79. The zero-order valence-corrected chi connectivity index (χ0v) is 11.1. The minimum Gasteiger partial charge on any atom is -0.396 e.